The van der Waals surface area contributed by atoms with E-state index < -0.39 is 0 Å². The Balaban J connectivity index is 1.38. The molecule has 2 aliphatic heterocycles. The number of nitrogens with zero attached hydrogens (tertiary/aromatic N) is 3. The number of urea groups is 1. The highest BCUT2D eigenvalue weighted by atomic mass is 16.3. The van der Waals surface area contributed by atoms with Gasteiger partial charge in [-0.3, -0.25) is 4.90 Å². The molecule has 0 radical (unpaired) electrons. The molecule has 1 atom stereocenters. The lowest BCUT2D eigenvalue weighted by molar-refractivity contribution is 0.125. The average Bonchev–Trinajstić information content (AvgIpc) is 2.69. The molecule has 0 spiro atoms. The lowest BCUT2D eigenvalue weighted by Gasteiger charge is -2.36. The number of hydrogen-bond donors (Lipinski definition) is 2. The van der Waals surface area contributed by atoms with Gasteiger partial charge in [-0.05, 0) is 43.4 Å². The molecule has 2 fully saturated rings. The van der Waals surface area contributed by atoms with Crippen LogP contribution in [0.25, 0.3) is 0 Å². The van der Waals surface area contributed by atoms with Crippen LogP contribution < -0.4 is 5.32 Å². The summed E-state index contributed by atoms with van der Waals surface area (Å²) in [5.41, 5.74) is 2.71. The van der Waals surface area contributed by atoms with Crippen LogP contribution in [0, 0.1) is 12.8 Å². The maximum atomic E-state index is 12.5. The van der Waals surface area contributed by atoms with Crippen molar-refractivity contribution in [1.82, 2.24) is 20.0 Å². The van der Waals surface area contributed by atoms with Gasteiger partial charge in [-0.2, -0.15) is 0 Å². The third kappa shape index (κ3) is 5.92. The standard InChI is InChI=1S/C21H34N4O2/c1-18-5-2-3-7-20(18)17-24-9-11-25(12-10-24)21(27)22-15-19-6-4-8-23(16-19)13-14-26/h2-3,5,7,19,26H,4,6,8-17H2,1H3,(H,22,27)/t19-/m1/s1. The molecule has 3 rings (SSSR count). The zero-order chi connectivity index (χ0) is 19.1. The van der Waals surface area contributed by atoms with Gasteiger partial charge in [0.25, 0.3) is 0 Å². The van der Waals surface area contributed by atoms with Gasteiger partial charge < -0.3 is 20.2 Å². The zero-order valence-electron chi connectivity index (χ0n) is 16.6. The highest BCUT2D eigenvalue weighted by Crippen LogP contribution is 2.16. The van der Waals surface area contributed by atoms with Gasteiger partial charge in [0.05, 0.1) is 6.61 Å². The summed E-state index contributed by atoms with van der Waals surface area (Å²) in [4.78, 5) is 19.2. The summed E-state index contributed by atoms with van der Waals surface area (Å²) in [6.45, 7) is 10.3. The van der Waals surface area contributed by atoms with E-state index in [0.29, 0.717) is 5.92 Å². The van der Waals surface area contributed by atoms with Crippen molar-refractivity contribution in [2.24, 2.45) is 5.92 Å². The molecule has 2 N–H and O–H groups in total. The van der Waals surface area contributed by atoms with Gasteiger partial charge in [0.2, 0.25) is 0 Å². The van der Waals surface area contributed by atoms with Crippen molar-refractivity contribution in [3.05, 3.63) is 35.4 Å². The number of amides is 2. The Labute approximate surface area is 163 Å². The van der Waals surface area contributed by atoms with Crippen LogP contribution in [0.15, 0.2) is 24.3 Å². The van der Waals surface area contributed by atoms with Crippen LogP contribution in [0.1, 0.15) is 24.0 Å². The third-order valence-corrected chi connectivity index (χ3v) is 5.88. The van der Waals surface area contributed by atoms with Crippen LogP contribution in [0.4, 0.5) is 4.79 Å². The minimum Gasteiger partial charge on any atom is -0.395 e. The fraction of sp³-hybridized carbons (Fsp3) is 0.667. The molecule has 6 heteroatoms. The molecule has 2 aliphatic rings. The van der Waals surface area contributed by atoms with E-state index in [1.54, 1.807) is 0 Å². The van der Waals surface area contributed by atoms with Gasteiger partial charge in [0.15, 0.2) is 0 Å². The Hall–Kier alpha value is -1.63. The number of carbonyl (C=O) groups is 1. The smallest absolute Gasteiger partial charge is 0.317 e. The molecule has 0 unspecified atom stereocenters. The number of aryl methyl sites for hydroxylation is 1. The van der Waals surface area contributed by atoms with Gasteiger partial charge in [-0.25, -0.2) is 4.79 Å². The van der Waals surface area contributed by atoms with E-state index >= 15 is 0 Å². The number of aliphatic hydroxyl groups excluding tert-OH is 1. The first-order valence-corrected chi connectivity index (χ1v) is 10.3. The van der Waals surface area contributed by atoms with Crippen LogP contribution in [0.3, 0.4) is 0 Å². The van der Waals surface area contributed by atoms with Gasteiger partial charge in [-0.1, -0.05) is 24.3 Å². The number of piperazine rings is 1. The van der Waals surface area contributed by atoms with Crippen LogP contribution in [-0.4, -0.2) is 84.8 Å². The average molecular weight is 375 g/mol. The molecule has 27 heavy (non-hydrogen) atoms. The molecule has 2 saturated heterocycles. The lowest BCUT2D eigenvalue weighted by atomic mass is 9.98. The van der Waals surface area contributed by atoms with Crippen molar-refractivity contribution in [1.29, 1.82) is 0 Å². The molecular weight excluding hydrogens is 340 g/mol. The van der Waals surface area contributed by atoms with Crippen LogP contribution in [-0.2, 0) is 6.54 Å². The molecule has 0 saturated carbocycles. The van der Waals surface area contributed by atoms with Gasteiger partial charge in [0, 0.05) is 52.4 Å². The van der Waals surface area contributed by atoms with E-state index in [-0.39, 0.29) is 12.6 Å². The first kappa shape index (κ1) is 20.1. The molecule has 2 amide bonds. The largest absolute Gasteiger partial charge is 0.395 e. The molecule has 6 nitrogen and oxygen atoms in total. The summed E-state index contributed by atoms with van der Waals surface area (Å²) in [5.74, 6) is 0.497. The third-order valence-electron chi connectivity index (χ3n) is 5.88. The van der Waals surface area contributed by atoms with Crippen molar-refractivity contribution in [3.8, 4) is 0 Å². The first-order valence-electron chi connectivity index (χ1n) is 10.3. The highest BCUT2D eigenvalue weighted by molar-refractivity contribution is 5.74. The van der Waals surface area contributed by atoms with Crippen LogP contribution in [0.5, 0.6) is 0 Å². The Morgan fingerprint density at radius 1 is 1.15 bits per heavy atom. The van der Waals surface area contributed by atoms with Gasteiger partial charge in [0.1, 0.15) is 0 Å². The minimum atomic E-state index is 0.0739. The SMILES string of the molecule is Cc1ccccc1CN1CCN(C(=O)NC[C@H]2CCCN(CCO)C2)CC1. The van der Waals surface area contributed by atoms with Crippen LogP contribution >= 0.6 is 0 Å². The van der Waals surface area contributed by atoms with E-state index in [0.717, 1.165) is 71.7 Å². The van der Waals surface area contributed by atoms with E-state index in [2.05, 4.69) is 46.3 Å². The summed E-state index contributed by atoms with van der Waals surface area (Å²) in [6.07, 6.45) is 2.31. The second kappa shape index (κ2) is 10.1. The summed E-state index contributed by atoms with van der Waals surface area (Å²) in [6, 6.07) is 8.60. The van der Waals surface area contributed by atoms with Gasteiger partial charge in [-0.15, -0.1) is 0 Å². The number of β-amino-alcohol motifs (C(OH)–C–C–N with tert-alkyl or cyclic N) is 1. The first-order chi connectivity index (χ1) is 13.2. The minimum absolute atomic E-state index is 0.0739. The monoisotopic (exact) mass is 374 g/mol. The highest BCUT2D eigenvalue weighted by Gasteiger charge is 2.24. The topological polar surface area (TPSA) is 59.0 Å². The summed E-state index contributed by atoms with van der Waals surface area (Å²) in [5, 5.41) is 12.2. The number of hydrogen-bond acceptors (Lipinski definition) is 4. The second-order valence-electron chi connectivity index (χ2n) is 7.91. The number of aliphatic hydroxyl groups is 1. The molecule has 1 aromatic carbocycles. The molecule has 0 aromatic heterocycles. The van der Waals surface area contributed by atoms with E-state index in [1.807, 2.05) is 4.90 Å². The van der Waals surface area contributed by atoms with Crippen LogP contribution in [0.2, 0.25) is 0 Å². The van der Waals surface area contributed by atoms with E-state index in [4.69, 9.17) is 5.11 Å². The second-order valence-corrected chi connectivity index (χ2v) is 7.91. The predicted molar refractivity (Wildman–Crippen MR) is 108 cm³/mol. The van der Waals surface area contributed by atoms with Crippen molar-refractivity contribution >= 4 is 6.03 Å². The molecule has 0 bridgehead atoms. The Morgan fingerprint density at radius 2 is 1.93 bits per heavy atom. The predicted octanol–water partition coefficient (Wildman–Crippen LogP) is 1.53. The molecule has 0 aliphatic carbocycles. The maximum absolute atomic E-state index is 12.5. The van der Waals surface area contributed by atoms with Crippen molar-refractivity contribution < 1.29 is 9.90 Å². The number of benzene rings is 1. The van der Waals surface area contributed by atoms with Gasteiger partial charge >= 0.3 is 6.03 Å². The van der Waals surface area contributed by atoms with Crippen molar-refractivity contribution in [3.63, 3.8) is 0 Å². The Bertz CT molecular complexity index is 600. The fourth-order valence-electron chi connectivity index (χ4n) is 4.14. The van der Waals surface area contributed by atoms with E-state index in [9.17, 15) is 4.79 Å². The molecule has 1 aromatic rings. The maximum Gasteiger partial charge on any atom is 0.317 e. The fourth-order valence-corrected chi connectivity index (χ4v) is 4.14. The zero-order valence-corrected chi connectivity index (χ0v) is 16.6. The molecule has 2 heterocycles. The number of carbonyl (C=O) groups excluding carboxylic acids is 1. The van der Waals surface area contributed by atoms with Crippen molar-refractivity contribution in [2.45, 2.75) is 26.3 Å². The Kier molecular flexibility index (Phi) is 7.50. The number of rotatable bonds is 6. The normalized spacial score (nSPS) is 22.0. The Morgan fingerprint density at radius 3 is 2.67 bits per heavy atom. The van der Waals surface area contributed by atoms with Crippen molar-refractivity contribution in [2.75, 3.05) is 59.0 Å². The van der Waals surface area contributed by atoms with E-state index in [1.165, 1.54) is 11.1 Å². The molecule has 150 valence electrons. The summed E-state index contributed by atoms with van der Waals surface area (Å²) < 4.78 is 0. The number of nitrogens with one attached hydrogen (secondary N) is 1. The quantitative estimate of drug-likeness (QED) is 0.793. The lowest BCUT2D eigenvalue weighted by Crippen LogP contribution is -2.52. The number of piperidine rings is 1. The summed E-state index contributed by atoms with van der Waals surface area (Å²) >= 11 is 0. The summed E-state index contributed by atoms with van der Waals surface area (Å²) in [7, 11) is 0. The molecular formula is C21H34N4O2. The number of likely N-dealkylation sites (tertiary alicyclic amines) is 1.